The Hall–Kier alpha value is -1.67. The quantitative estimate of drug-likeness (QED) is 0.755. The Morgan fingerprint density at radius 3 is 2.39 bits per heavy atom. The van der Waals surface area contributed by atoms with Gasteiger partial charge in [-0.25, -0.2) is 14.6 Å². The number of ether oxygens (including phenoxy) is 1. The number of carbonyl (C=O) groups is 2. The van der Waals surface area contributed by atoms with Gasteiger partial charge in [0.1, 0.15) is 16.7 Å². The van der Waals surface area contributed by atoms with E-state index in [9.17, 15) is 14.7 Å². The molecule has 0 radical (unpaired) electrons. The summed E-state index contributed by atoms with van der Waals surface area (Å²) in [5, 5.41) is 22.7. The van der Waals surface area contributed by atoms with Crippen LogP contribution in [0.4, 0.5) is 4.79 Å². The van der Waals surface area contributed by atoms with Gasteiger partial charge >= 0.3 is 12.1 Å². The first-order valence-electron chi connectivity index (χ1n) is 7.44. The van der Waals surface area contributed by atoms with Gasteiger partial charge in [0.2, 0.25) is 0 Å². The Bertz CT molecular complexity index is 496. The predicted molar refractivity (Wildman–Crippen MR) is 88.9 cm³/mol. The number of nitrogens with zero attached hydrogens (tertiary/aromatic N) is 1. The third-order valence-corrected chi connectivity index (χ3v) is 3.06. The number of rotatable bonds is 5. The van der Waals surface area contributed by atoms with E-state index in [4.69, 9.17) is 9.84 Å². The Morgan fingerprint density at radius 1 is 1.39 bits per heavy atom. The number of aromatic carboxylic acids is 1. The van der Waals surface area contributed by atoms with Gasteiger partial charge in [0, 0.05) is 11.9 Å². The first kappa shape index (κ1) is 21.3. The lowest BCUT2D eigenvalue weighted by molar-refractivity contribution is 0.0518. The fourth-order valence-corrected chi connectivity index (χ4v) is 2.10. The number of alkyl carbamates (subject to hydrolysis) is 1. The Kier molecular flexibility index (Phi) is 9.43. The summed E-state index contributed by atoms with van der Waals surface area (Å²) in [6.07, 6.45) is 0.00401. The van der Waals surface area contributed by atoms with Crippen LogP contribution in [0, 0.1) is 0 Å². The van der Waals surface area contributed by atoms with Gasteiger partial charge in [-0.2, -0.15) is 0 Å². The fourth-order valence-electron chi connectivity index (χ4n) is 1.29. The molecule has 1 atom stereocenters. The Labute approximate surface area is 140 Å². The van der Waals surface area contributed by atoms with Crippen molar-refractivity contribution in [2.24, 2.45) is 0 Å². The summed E-state index contributed by atoms with van der Waals surface area (Å²) >= 11 is 1.07. The van der Waals surface area contributed by atoms with Crippen molar-refractivity contribution in [1.29, 1.82) is 0 Å². The van der Waals surface area contributed by atoms with Crippen LogP contribution < -0.4 is 5.32 Å². The lowest BCUT2D eigenvalue weighted by atomic mass is 10.2. The maximum atomic E-state index is 11.4. The molecule has 8 heteroatoms. The summed E-state index contributed by atoms with van der Waals surface area (Å²) in [5.74, 6) is -1.13. The highest BCUT2D eigenvalue weighted by Gasteiger charge is 2.18. The molecule has 0 spiro atoms. The second kappa shape index (κ2) is 10.2. The summed E-state index contributed by atoms with van der Waals surface area (Å²) in [6.45, 7) is 9.72. The van der Waals surface area contributed by atoms with Gasteiger partial charge in [-0.05, 0) is 27.2 Å². The van der Waals surface area contributed by atoms with Crippen LogP contribution in [0.25, 0.3) is 0 Å². The molecule has 0 aliphatic heterocycles. The number of aliphatic hydroxyl groups is 1. The molecule has 1 aromatic rings. The van der Waals surface area contributed by atoms with E-state index in [1.54, 1.807) is 20.8 Å². The molecular weight excluding hydrogens is 320 g/mol. The van der Waals surface area contributed by atoms with Crippen LogP contribution in [0.3, 0.4) is 0 Å². The lowest BCUT2D eigenvalue weighted by Crippen LogP contribution is -2.33. The van der Waals surface area contributed by atoms with E-state index in [0.29, 0.717) is 5.01 Å². The number of carboxylic acid groups (broad SMARTS) is 1. The van der Waals surface area contributed by atoms with Gasteiger partial charge in [0.15, 0.2) is 5.69 Å². The molecule has 7 nitrogen and oxygen atoms in total. The van der Waals surface area contributed by atoms with Crippen molar-refractivity contribution in [3.63, 3.8) is 0 Å². The van der Waals surface area contributed by atoms with E-state index < -0.39 is 23.8 Å². The Balaban J connectivity index is 0.00000149. The highest BCUT2D eigenvalue weighted by atomic mass is 32.1. The van der Waals surface area contributed by atoms with Crippen LogP contribution in [-0.4, -0.2) is 39.4 Å². The highest BCUT2D eigenvalue weighted by molar-refractivity contribution is 7.09. The van der Waals surface area contributed by atoms with Gasteiger partial charge < -0.3 is 20.3 Å². The zero-order valence-corrected chi connectivity index (χ0v) is 15.1. The van der Waals surface area contributed by atoms with Crippen LogP contribution >= 0.6 is 11.3 Å². The number of hydrogen-bond acceptors (Lipinski definition) is 6. The van der Waals surface area contributed by atoms with Gasteiger partial charge in [-0.1, -0.05) is 20.3 Å². The maximum absolute atomic E-state index is 11.4. The molecule has 1 amide bonds. The number of carboxylic acids is 1. The van der Waals surface area contributed by atoms with Crippen molar-refractivity contribution in [2.75, 3.05) is 6.54 Å². The molecule has 0 aliphatic rings. The second-order valence-corrected chi connectivity index (χ2v) is 6.71. The van der Waals surface area contributed by atoms with Crippen LogP contribution in [0.1, 0.15) is 69.1 Å². The zero-order chi connectivity index (χ0) is 18.0. The van der Waals surface area contributed by atoms with E-state index in [1.165, 1.54) is 11.8 Å². The van der Waals surface area contributed by atoms with E-state index in [0.717, 1.165) is 11.3 Å². The van der Waals surface area contributed by atoms with Crippen molar-refractivity contribution < 1.29 is 24.5 Å². The van der Waals surface area contributed by atoms with Crippen LogP contribution in [-0.2, 0) is 4.74 Å². The van der Waals surface area contributed by atoms with Crippen LogP contribution in [0.15, 0.2) is 5.38 Å². The third kappa shape index (κ3) is 9.85. The number of carbonyl (C=O) groups excluding carboxylic acids is 1. The van der Waals surface area contributed by atoms with Gasteiger partial charge in [0.25, 0.3) is 0 Å². The first-order valence-corrected chi connectivity index (χ1v) is 8.32. The van der Waals surface area contributed by atoms with Crippen molar-refractivity contribution in [3.8, 4) is 0 Å². The monoisotopic (exact) mass is 346 g/mol. The number of aromatic nitrogens is 1. The second-order valence-electron chi connectivity index (χ2n) is 5.82. The minimum Gasteiger partial charge on any atom is -0.476 e. The largest absolute Gasteiger partial charge is 0.476 e. The summed E-state index contributed by atoms with van der Waals surface area (Å²) < 4.78 is 5.04. The smallest absolute Gasteiger partial charge is 0.407 e. The number of nitrogens with one attached hydrogen (secondary N) is 1. The average Bonchev–Trinajstić information content (AvgIpc) is 2.87. The normalized spacial score (nSPS) is 11.9. The highest BCUT2D eigenvalue weighted by Crippen LogP contribution is 2.20. The van der Waals surface area contributed by atoms with Crippen molar-refractivity contribution >= 4 is 23.4 Å². The molecule has 0 fully saturated rings. The first-order chi connectivity index (χ1) is 10.6. The fraction of sp³-hybridized carbons (Fsp3) is 0.667. The molecule has 23 heavy (non-hydrogen) atoms. The molecule has 1 aromatic heterocycles. The SMILES string of the molecule is CC(C)(C)OC(=O)NCCC(O)c1nc(C(=O)O)cs1.CCC. The summed E-state index contributed by atoms with van der Waals surface area (Å²) in [4.78, 5) is 25.8. The van der Waals surface area contributed by atoms with E-state index in [1.807, 2.05) is 0 Å². The van der Waals surface area contributed by atoms with Crippen molar-refractivity contribution in [2.45, 2.75) is 59.2 Å². The molecule has 1 rings (SSSR count). The summed E-state index contributed by atoms with van der Waals surface area (Å²) in [7, 11) is 0. The molecule has 0 saturated carbocycles. The molecular formula is C15H26N2O5S. The molecule has 3 N–H and O–H groups in total. The number of aliphatic hydroxyl groups excluding tert-OH is 1. The zero-order valence-electron chi connectivity index (χ0n) is 14.3. The van der Waals surface area contributed by atoms with Crippen LogP contribution in [0.2, 0.25) is 0 Å². The van der Waals surface area contributed by atoms with Crippen LogP contribution in [0.5, 0.6) is 0 Å². The number of thiazole rings is 1. The minimum absolute atomic E-state index is 0.0934. The van der Waals surface area contributed by atoms with Gasteiger partial charge in [0.05, 0.1) is 0 Å². The summed E-state index contributed by atoms with van der Waals surface area (Å²) in [6, 6.07) is 0. The molecule has 0 saturated heterocycles. The van der Waals surface area contributed by atoms with Crippen molar-refractivity contribution in [3.05, 3.63) is 16.1 Å². The van der Waals surface area contributed by atoms with Crippen molar-refractivity contribution in [1.82, 2.24) is 10.3 Å². The number of hydrogen-bond donors (Lipinski definition) is 3. The molecule has 0 aliphatic carbocycles. The number of amides is 1. The third-order valence-electron chi connectivity index (χ3n) is 2.11. The lowest BCUT2D eigenvalue weighted by Gasteiger charge is -2.19. The van der Waals surface area contributed by atoms with E-state index in [-0.39, 0.29) is 18.7 Å². The summed E-state index contributed by atoms with van der Waals surface area (Å²) in [5.41, 5.74) is -0.668. The van der Waals surface area contributed by atoms with Gasteiger partial charge in [-0.3, -0.25) is 0 Å². The average molecular weight is 346 g/mol. The maximum Gasteiger partial charge on any atom is 0.407 e. The standard InChI is InChI=1S/C12H18N2O5S.C3H8/c1-12(2,3)19-11(18)13-5-4-8(15)9-14-7(6-20-9)10(16)17;1-3-2/h6,8,15H,4-5H2,1-3H3,(H,13,18)(H,16,17);3H2,1-2H3. The molecule has 0 aromatic carbocycles. The van der Waals surface area contributed by atoms with Gasteiger partial charge in [-0.15, -0.1) is 11.3 Å². The molecule has 1 heterocycles. The topological polar surface area (TPSA) is 109 Å². The van der Waals surface area contributed by atoms with E-state index >= 15 is 0 Å². The van der Waals surface area contributed by atoms with E-state index in [2.05, 4.69) is 24.1 Å². The molecule has 132 valence electrons. The molecule has 1 unspecified atom stereocenters. The molecule has 0 bridgehead atoms. The Morgan fingerprint density at radius 2 is 1.96 bits per heavy atom. The minimum atomic E-state index is -1.13. The predicted octanol–water partition coefficient (Wildman–Crippen LogP) is 3.21.